The van der Waals surface area contributed by atoms with E-state index in [-0.39, 0.29) is 12.6 Å². The highest BCUT2D eigenvalue weighted by atomic mass is 16.6. The summed E-state index contributed by atoms with van der Waals surface area (Å²) in [4.78, 5) is 13.9. The first-order valence-corrected chi connectivity index (χ1v) is 6.54. The predicted octanol–water partition coefficient (Wildman–Crippen LogP) is 2.30. The van der Waals surface area contributed by atoms with Gasteiger partial charge in [-0.2, -0.15) is 0 Å². The van der Waals surface area contributed by atoms with Crippen molar-refractivity contribution in [2.75, 3.05) is 6.61 Å². The number of ether oxygens (including phenoxy) is 2. The monoisotopic (exact) mass is 271 g/mol. The van der Waals surface area contributed by atoms with Gasteiger partial charge in [0.15, 0.2) is 0 Å². The fourth-order valence-electron chi connectivity index (χ4n) is 2.32. The van der Waals surface area contributed by atoms with Gasteiger partial charge in [0, 0.05) is 0 Å². The molecule has 0 unspecified atom stereocenters. The maximum Gasteiger partial charge on any atom is 0.412 e. The molecule has 1 aliphatic heterocycles. The Morgan fingerprint density at radius 2 is 2.11 bits per heavy atom. The van der Waals surface area contributed by atoms with Gasteiger partial charge in [-0.25, -0.2) is 4.79 Å². The summed E-state index contributed by atoms with van der Waals surface area (Å²) in [5, 5.41) is 9.39. The smallest absolute Gasteiger partial charge is 0.412 e. The molecule has 1 aliphatic rings. The predicted molar refractivity (Wildman–Crippen MR) is 72.7 cm³/mol. The van der Waals surface area contributed by atoms with Crippen molar-refractivity contribution in [3.05, 3.63) is 12.7 Å². The molecule has 5 nitrogen and oxygen atoms in total. The molecular formula is C14H25NO4. The molecule has 0 aromatic heterocycles. The van der Waals surface area contributed by atoms with Crippen molar-refractivity contribution in [1.82, 2.24) is 4.90 Å². The molecule has 1 fully saturated rings. The first-order chi connectivity index (χ1) is 8.62. The maximum absolute atomic E-state index is 12.3. The minimum absolute atomic E-state index is 0.138. The van der Waals surface area contributed by atoms with Crippen LogP contribution < -0.4 is 0 Å². The lowest BCUT2D eigenvalue weighted by atomic mass is 10.1. The molecule has 2 atom stereocenters. The molecule has 0 aromatic rings. The van der Waals surface area contributed by atoms with Crippen LogP contribution in [0.4, 0.5) is 4.79 Å². The highest BCUT2D eigenvalue weighted by molar-refractivity contribution is 5.70. The van der Waals surface area contributed by atoms with Gasteiger partial charge < -0.3 is 14.6 Å². The van der Waals surface area contributed by atoms with E-state index in [0.29, 0.717) is 6.42 Å². The lowest BCUT2D eigenvalue weighted by Gasteiger charge is -2.34. The van der Waals surface area contributed by atoms with E-state index in [9.17, 15) is 9.90 Å². The van der Waals surface area contributed by atoms with Crippen LogP contribution in [0.25, 0.3) is 0 Å². The van der Waals surface area contributed by atoms with Crippen molar-refractivity contribution < 1.29 is 19.4 Å². The van der Waals surface area contributed by atoms with Crippen LogP contribution in [0.15, 0.2) is 12.7 Å². The Bertz CT molecular complexity index is 346. The number of hydrogen-bond acceptors (Lipinski definition) is 4. The third-order valence-electron chi connectivity index (χ3n) is 2.96. The number of rotatable bonds is 3. The van der Waals surface area contributed by atoms with Crippen LogP contribution in [0, 0.1) is 0 Å². The number of hydrogen-bond donors (Lipinski definition) is 1. The molecule has 0 aromatic carbocycles. The van der Waals surface area contributed by atoms with Crippen LogP contribution in [-0.4, -0.2) is 46.2 Å². The topological polar surface area (TPSA) is 59.0 Å². The second-order valence-electron chi connectivity index (χ2n) is 6.23. The highest BCUT2D eigenvalue weighted by Gasteiger charge is 2.50. The summed E-state index contributed by atoms with van der Waals surface area (Å²) in [6, 6.07) is -0.257. The highest BCUT2D eigenvalue weighted by Crippen LogP contribution is 2.35. The lowest BCUT2D eigenvalue weighted by Crippen LogP contribution is -2.50. The summed E-state index contributed by atoms with van der Waals surface area (Å²) in [6.45, 7) is 12.6. The fourth-order valence-corrected chi connectivity index (χ4v) is 2.32. The average Bonchev–Trinajstić information content (AvgIpc) is 2.47. The largest absolute Gasteiger partial charge is 0.444 e. The zero-order chi connectivity index (χ0) is 14.8. The molecule has 0 spiro atoms. The number of aliphatic hydroxyl groups excluding tert-OH is 1. The molecule has 0 aliphatic carbocycles. The molecular weight excluding hydrogens is 246 g/mol. The van der Waals surface area contributed by atoms with Crippen LogP contribution in [0.5, 0.6) is 0 Å². The number of amides is 1. The molecule has 0 bridgehead atoms. The first kappa shape index (κ1) is 16.0. The van der Waals surface area contributed by atoms with Gasteiger partial charge in [0.05, 0.1) is 12.6 Å². The van der Waals surface area contributed by atoms with E-state index in [4.69, 9.17) is 9.47 Å². The molecule has 19 heavy (non-hydrogen) atoms. The Hall–Kier alpha value is -1.07. The summed E-state index contributed by atoms with van der Waals surface area (Å²) in [7, 11) is 0. The van der Waals surface area contributed by atoms with E-state index >= 15 is 0 Å². The van der Waals surface area contributed by atoms with Crippen molar-refractivity contribution in [1.29, 1.82) is 0 Å². The van der Waals surface area contributed by atoms with Crippen LogP contribution >= 0.6 is 0 Å². The quantitative estimate of drug-likeness (QED) is 0.800. The molecule has 110 valence electrons. The SMILES string of the molecule is C=CC[C@@H]1[C@@H](CO)OC(C)(C)N1C(=O)OC(C)(C)C. The zero-order valence-electron chi connectivity index (χ0n) is 12.5. The molecule has 1 N–H and O–H groups in total. The van der Waals surface area contributed by atoms with E-state index in [2.05, 4.69) is 6.58 Å². The Balaban J connectivity index is 2.98. The van der Waals surface area contributed by atoms with Gasteiger partial charge in [0.2, 0.25) is 0 Å². The van der Waals surface area contributed by atoms with E-state index < -0.39 is 23.5 Å². The Morgan fingerprint density at radius 1 is 1.53 bits per heavy atom. The van der Waals surface area contributed by atoms with Gasteiger partial charge in [-0.3, -0.25) is 4.90 Å². The molecule has 1 heterocycles. The standard InChI is InChI=1S/C14H25NO4/c1-7-8-10-11(9-16)18-14(5,6)15(10)12(17)19-13(2,3)4/h7,10-11,16H,1,8-9H2,2-6H3/t10-,11-/m1/s1. The number of carbonyl (C=O) groups is 1. The van der Waals surface area contributed by atoms with Gasteiger partial charge in [-0.1, -0.05) is 6.08 Å². The Kier molecular flexibility index (Phi) is 4.63. The summed E-state index contributed by atoms with van der Waals surface area (Å²) in [6.07, 6.45) is 1.42. The van der Waals surface area contributed by atoms with E-state index in [0.717, 1.165) is 0 Å². The minimum Gasteiger partial charge on any atom is -0.444 e. The summed E-state index contributed by atoms with van der Waals surface area (Å²) < 4.78 is 11.2. The number of nitrogens with zero attached hydrogens (tertiary/aromatic N) is 1. The van der Waals surface area contributed by atoms with Gasteiger partial charge in [-0.05, 0) is 41.0 Å². The van der Waals surface area contributed by atoms with Crippen LogP contribution in [-0.2, 0) is 9.47 Å². The van der Waals surface area contributed by atoms with Crippen molar-refractivity contribution >= 4 is 6.09 Å². The van der Waals surface area contributed by atoms with Crippen molar-refractivity contribution in [2.45, 2.75) is 64.5 Å². The second kappa shape index (κ2) is 5.51. The molecule has 1 rings (SSSR count). The summed E-state index contributed by atoms with van der Waals surface area (Å²) in [5.74, 6) is 0. The van der Waals surface area contributed by atoms with Crippen molar-refractivity contribution in [2.24, 2.45) is 0 Å². The summed E-state index contributed by atoms with van der Waals surface area (Å²) in [5.41, 5.74) is -1.37. The second-order valence-corrected chi connectivity index (χ2v) is 6.23. The fraction of sp³-hybridized carbons (Fsp3) is 0.786. The number of aliphatic hydroxyl groups is 1. The van der Waals surface area contributed by atoms with Crippen molar-refractivity contribution in [3.63, 3.8) is 0 Å². The van der Waals surface area contributed by atoms with E-state index in [1.54, 1.807) is 24.8 Å². The number of carbonyl (C=O) groups excluding carboxylic acids is 1. The normalized spacial score (nSPS) is 26.3. The van der Waals surface area contributed by atoms with Crippen LogP contribution in [0.1, 0.15) is 41.0 Å². The molecule has 0 saturated carbocycles. The third-order valence-corrected chi connectivity index (χ3v) is 2.96. The minimum atomic E-state index is -0.802. The Labute approximate surface area is 115 Å². The van der Waals surface area contributed by atoms with Gasteiger partial charge in [0.1, 0.15) is 17.4 Å². The van der Waals surface area contributed by atoms with Gasteiger partial charge >= 0.3 is 6.09 Å². The molecule has 5 heteroatoms. The molecule has 0 radical (unpaired) electrons. The molecule has 1 amide bonds. The lowest BCUT2D eigenvalue weighted by molar-refractivity contribution is -0.0865. The van der Waals surface area contributed by atoms with E-state index in [1.165, 1.54) is 0 Å². The van der Waals surface area contributed by atoms with Crippen LogP contribution in [0.3, 0.4) is 0 Å². The first-order valence-electron chi connectivity index (χ1n) is 6.54. The summed E-state index contributed by atoms with van der Waals surface area (Å²) >= 11 is 0. The van der Waals surface area contributed by atoms with Crippen molar-refractivity contribution in [3.8, 4) is 0 Å². The third kappa shape index (κ3) is 3.70. The Morgan fingerprint density at radius 3 is 2.53 bits per heavy atom. The average molecular weight is 271 g/mol. The van der Waals surface area contributed by atoms with E-state index in [1.807, 2.05) is 20.8 Å². The maximum atomic E-state index is 12.3. The van der Waals surface area contributed by atoms with Gasteiger partial charge in [-0.15, -0.1) is 6.58 Å². The van der Waals surface area contributed by atoms with Gasteiger partial charge in [0.25, 0.3) is 0 Å². The zero-order valence-corrected chi connectivity index (χ0v) is 12.5. The molecule has 1 saturated heterocycles. The van der Waals surface area contributed by atoms with Crippen LogP contribution in [0.2, 0.25) is 0 Å².